The predicted molar refractivity (Wildman–Crippen MR) is 86.5 cm³/mol. The van der Waals surface area contributed by atoms with E-state index in [9.17, 15) is 4.79 Å². The molecule has 0 aliphatic heterocycles. The van der Waals surface area contributed by atoms with Crippen LogP contribution >= 0.6 is 0 Å². The van der Waals surface area contributed by atoms with Crippen LogP contribution in [0.4, 0.5) is 11.4 Å². The highest BCUT2D eigenvalue weighted by Gasteiger charge is 2.06. The summed E-state index contributed by atoms with van der Waals surface area (Å²) < 4.78 is 0. The summed E-state index contributed by atoms with van der Waals surface area (Å²) in [5, 5.41) is 6.29. The summed E-state index contributed by atoms with van der Waals surface area (Å²) in [5.74, 6) is 0.0799. The van der Waals surface area contributed by atoms with Gasteiger partial charge in [0, 0.05) is 37.9 Å². The molecule has 0 heterocycles. The van der Waals surface area contributed by atoms with Gasteiger partial charge < -0.3 is 15.5 Å². The highest BCUT2D eigenvalue weighted by molar-refractivity contribution is 5.91. The van der Waals surface area contributed by atoms with E-state index in [1.165, 1.54) is 0 Å². The van der Waals surface area contributed by atoms with E-state index in [0.717, 1.165) is 29.9 Å². The van der Waals surface area contributed by atoms with Crippen LogP contribution in [-0.2, 0) is 4.79 Å². The normalized spacial score (nSPS) is 10.7. The largest absolute Gasteiger partial charge is 0.378 e. The highest BCUT2D eigenvalue weighted by atomic mass is 16.1. The Morgan fingerprint density at radius 1 is 1.30 bits per heavy atom. The molecule has 0 saturated heterocycles. The monoisotopic (exact) mass is 277 g/mol. The Kier molecular flexibility index (Phi) is 6.52. The van der Waals surface area contributed by atoms with Crippen molar-refractivity contribution < 1.29 is 4.79 Å². The highest BCUT2D eigenvalue weighted by Crippen LogP contribution is 2.21. The number of amides is 1. The second kappa shape index (κ2) is 7.90. The first-order chi connectivity index (χ1) is 9.40. The van der Waals surface area contributed by atoms with Crippen LogP contribution in [-0.4, -0.2) is 32.6 Å². The fourth-order valence-corrected chi connectivity index (χ4v) is 1.92. The number of carbonyl (C=O) groups is 1. The van der Waals surface area contributed by atoms with Crippen LogP contribution in [0.15, 0.2) is 18.2 Å². The van der Waals surface area contributed by atoms with Gasteiger partial charge in [0.1, 0.15) is 0 Å². The molecule has 1 aromatic rings. The van der Waals surface area contributed by atoms with Crippen molar-refractivity contribution >= 4 is 17.3 Å². The van der Waals surface area contributed by atoms with E-state index in [1.54, 1.807) is 0 Å². The van der Waals surface area contributed by atoms with Gasteiger partial charge in [-0.3, -0.25) is 4.79 Å². The van der Waals surface area contributed by atoms with Gasteiger partial charge in [0.25, 0.3) is 0 Å². The first-order valence-corrected chi connectivity index (χ1v) is 7.21. The number of hydrogen-bond donors (Lipinski definition) is 2. The van der Waals surface area contributed by atoms with Crippen molar-refractivity contribution in [3.05, 3.63) is 23.8 Å². The van der Waals surface area contributed by atoms with Crippen LogP contribution in [0.25, 0.3) is 0 Å². The SMILES string of the molecule is Cc1cc(N(C)C)ccc1NC(=O)CCCNC(C)C. The standard InChI is InChI=1S/C16H27N3O/c1-12(2)17-10-6-7-16(20)18-15-9-8-14(19(4)5)11-13(15)3/h8-9,11-12,17H,6-7,10H2,1-5H3,(H,18,20). The van der Waals surface area contributed by atoms with E-state index < -0.39 is 0 Å². The van der Waals surface area contributed by atoms with Gasteiger partial charge in [-0.25, -0.2) is 0 Å². The van der Waals surface area contributed by atoms with Crippen LogP contribution in [0.2, 0.25) is 0 Å². The molecule has 0 bridgehead atoms. The first kappa shape index (κ1) is 16.5. The van der Waals surface area contributed by atoms with Gasteiger partial charge in [0.2, 0.25) is 5.91 Å². The minimum Gasteiger partial charge on any atom is -0.378 e. The smallest absolute Gasteiger partial charge is 0.224 e. The van der Waals surface area contributed by atoms with Gasteiger partial charge in [-0.2, -0.15) is 0 Å². The van der Waals surface area contributed by atoms with E-state index in [-0.39, 0.29) is 5.91 Å². The zero-order valence-corrected chi connectivity index (χ0v) is 13.3. The van der Waals surface area contributed by atoms with Crippen molar-refractivity contribution in [1.29, 1.82) is 0 Å². The van der Waals surface area contributed by atoms with Crippen molar-refractivity contribution in [2.75, 3.05) is 30.9 Å². The number of anilines is 2. The van der Waals surface area contributed by atoms with Gasteiger partial charge in [-0.1, -0.05) is 13.8 Å². The molecule has 1 amide bonds. The second-order valence-electron chi connectivity index (χ2n) is 5.65. The molecule has 4 nitrogen and oxygen atoms in total. The van der Waals surface area contributed by atoms with E-state index in [1.807, 2.05) is 33.2 Å². The molecule has 20 heavy (non-hydrogen) atoms. The maximum Gasteiger partial charge on any atom is 0.224 e. The molecule has 0 unspecified atom stereocenters. The number of nitrogens with one attached hydrogen (secondary N) is 2. The number of benzene rings is 1. The summed E-state index contributed by atoms with van der Waals surface area (Å²) in [4.78, 5) is 13.9. The van der Waals surface area contributed by atoms with Crippen molar-refractivity contribution in [2.45, 2.75) is 39.7 Å². The Balaban J connectivity index is 2.46. The van der Waals surface area contributed by atoms with Crippen LogP contribution < -0.4 is 15.5 Å². The molecule has 0 radical (unpaired) electrons. The minimum atomic E-state index is 0.0799. The third kappa shape index (κ3) is 5.61. The van der Waals surface area contributed by atoms with E-state index >= 15 is 0 Å². The van der Waals surface area contributed by atoms with E-state index in [0.29, 0.717) is 12.5 Å². The van der Waals surface area contributed by atoms with Crippen molar-refractivity contribution in [2.24, 2.45) is 0 Å². The Labute approximate surface area is 122 Å². The molecule has 0 aromatic heterocycles. The predicted octanol–water partition coefficient (Wildman–Crippen LogP) is 2.78. The molecule has 0 aliphatic rings. The number of carbonyl (C=O) groups excluding carboxylic acids is 1. The lowest BCUT2D eigenvalue weighted by atomic mass is 10.1. The molecule has 0 fully saturated rings. The third-order valence-electron chi connectivity index (χ3n) is 3.13. The molecular formula is C16H27N3O. The Bertz CT molecular complexity index is 441. The molecule has 0 aliphatic carbocycles. The lowest BCUT2D eigenvalue weighted by molar-refractivity contribution is -0.116. The van der Waals surface area contributed by atoms with Gasteiger partial charge in [0.05, 0.1) is 0 Å². The maximum atomic E-state index is 11.9. The Hall–Kier alpha value is -1.55. The Morgan fingerprint density at radius 3 is 2.55 bits per heavy atom. The van der Waals surface area contributed by atoms with Gasteiger partial charge in [-0.05, 0) is 43.7 Å². The summed E-state index contributed by atoms with van der Waals surface area (Å²) in [6.45, 7) is 7.11. The average Bonchev–Trinajstić information content (AvgIpc) is 2.36. The van der Waals surface area contributed by atoms with Crippen molar-refractivity contribution in [1.82, 2.24) is 5.32 Å². The van der Waals surface area contributed by atoms with Crippen LogP contribution in [0.3, 0.4) is 0 Å². The lowest BCUT2D eigenvalue weighted by Gasteiger charge is -2.15. The minimum absolute atomic E-state index is 0.0799. The van der Waals surface area contributed by atoms with Gasteiger partial charge in [-0.15, -0.1) is 0 Å². The van der Waals surface area contributed by atoms with Crippen LogP contribution in [0, 0.1) is 6.92 Å². The molecule has 4 heteroatoms. The molecule has 112 valence electrons. The molecule has 2 N–H and O–H groups in total. The van der Waals surface area contributed by atoms with E-state index in [2.05, 4.69) is 35.4 Å². The molecular weight excluding hydrogens is 250 g/mol. The summed E-state index contributed by atoms with van der Waals surface area (Å²) in [6, 6.07) is 6.53. The molecule has 1 aromatic carbocycles. The number of hydrogen-bond acceptors (Lipinski definition) is 3. The Morgan fingerprint density at radius 2 is 2.00 bits per heavy atom. The lowest BCUT2D eigenvalue weighted by Crippen LogP contribution is -2.24. The quantitative estimate of drug-likeness (QED) is 0.753. The first-order valence-electron chi connectivity index (χ1n) is 7.21. The fourth-order valence-electron chi connectivity index (χ4n) is 1.92. The zero-order chi connectivity index (χ0) is 15.1. The second-order valence-corrected chi connectivity index (χ2v) is 5.65. The van der Waals surface area contributed by atoms with Gasteiger partial charge in [0.15, 0.2) is 0 Å². The van der Waals surface area contributed by atoms with E-state index in [4.69, 9.17) is 0 Å². The topological polar surface area (TPSA) is 44.4 Å². The van der Waals surface area contributed by atoms with Crippen molar-refractivity contribution in [3.8, 4) is 0 Å². The summed E-state index contributed by atoms with van der Waals surface area (Å²) in [5.41, 5.74) is 3.13. The van der Waals surface area contributed by atoms with Crippen LogP contribution in [0.5, 0.6) is 0 Å². The fraction of sp³-hybridized carbons (Fsp3) is 0.562. The number of aryl methyl sites for hydroxylation is 1. The summed E-state index contributed by atoms with van der Waals surface area (Å²) in [7, 11) is 4.02. The number of rotatable bonds is 7. The number of nitrogens with zero attached hydrogens (tertiary/aromatic N) is 1. The average molecular weight is 277 g/mol. The third-order valence-corrected chi connectivity index (χ3v) is 3.13. The van der Waals surface area contributed by atoms with Crippen molar-refractivity contribution in [3.63, 3.8) is 0 Å². The van der Waals surface area contributed by atoms with Gasteiger partial charge >= 0.3 is 0 Å². The molecule has 0 saturated carbocycles. The molecule has 1 rings (SSSR count). The molecule has 0 spiro atoms. The summed E-state index contributed by atoms with van der Waals surface area (Å²) in [6.07, 6.45) is 1.41. The van der Waals surface area contributed by atoms with Crippen LogP contribution in [0.1, 0.15) is 32.3 Å². The maximum absolute atomic E-state index is 11.9. The molecule has 0 atom stereocenters. The summed E-state index contributed by atoms with van der Waals surface area (Å²) >= 11 is 0. The zero-order valence-electron chi connectivity index (χ0n) is 13.3.